The molecule has 0 spiro atoms. The van der Waals surface area contributed by atoms with E-state index in [9.17, 15) is 4.79 Å². The van der Waals surface area contributed by atoms with Crippen molar-refractivity contribution in [3.63, 3.8) is 0 Å². The molecule has 0 aliphatic rings. The molecule has 0 radical (unpaired) electrons. The van der Waals surface area contributed by atoms with Crippen molar-refractivity contribution in [1.29, 1.82) is 0 Å². The lowest BCUT2D eigenvalue weighted by Crippen LogP contribution is -1.98. The minimum atomic E-state index is -0.984. The molecule has 20 heavy (non-hydrogen) atoms. The van der Waals surface area contributed by atoms with E-state index in [2.05, 4.69) is 4.98 Å². The maximum atomic E-state index is 11.0. The molecule has 4 nitrogen and oxygen atoms in total. The molecule has 0 atom stereocenters. The summed E-state index contributed by atoms with van der Waals surface area (Å²) in [5, 5.41) is 9.04. The highest BCUT2D eigenvalue weighted by Gasteiger charge is 2.09. The summed E-state index contributed by atoms with van der Waals surface area (Å²) >= 11 is 0. The van der Waals surface area contributed by atoms with Gasteiger partial charge in [0.15, 0.2) is 0 Å². The summed E-state index contributed by atoms with van der Waals surface area (Å²) in [7, 11) is 1.51. The standard InChI is InChI=1S/C14H13NO3.C2H6/c1-9-3-4-13(15-8-9)10-5-11(14(16)17)7-12(6-10)18-2;1-2/h3-8H,1-2H3,(H,16,17);1-2H3. The van der Waals surface area contributed by atoms with Crippen molar-refractivity contribution in [2.24, 2.45) is 0 Å². The molecule has 0 aliphatic carbocycles. The van der Waals surface area contributed by atoms with E-state index in [-0.39, 0.29) is 5.56 Å². The molecule has 4 heteroatoms. The Labute approximate surface area is 119 Å². The van der Waals surface area contributed by atoms with Crippen molar-refractivity contribution in [1.82, 2.24) is 4.98 Å². The van der Waals surface area contributed by atoms with Gasteiger partial charge in [0.05, 0.1) is 18.4 Å². The lowest BCUT2D eigenvalue weighted by Gasteiger charge is -2.06. The molecule has 1 heterocycles. The Morgan fingerprint density at radius 3 is 2.40 bits per heavy atom. The summed E-state index contributed by atoms with van der Waals surface area (Å²) in [4.78, 5) is 15.3. The number of aromatic nitrogens is 1. The lowest BCUT2D eigenvalue weighted by atomic mass is 10.1. The fourth-order valence-electron chi connectivity index (χ4n) is 1.63. The summed E-state index contributed by atoms with van der Waals surface area (Å²) < 4.78 is 5.10. The van der Waals surface area contributed by atoms with Crippen molar-refractivity contribution in [2.45, 2.75) is 20.8 Å². The smallest absolute Gasteiger partial charge is 0.335 e. The number of aryl methyl sites for hydroxylation is 1. The van der Waals surface area contributed by atoms with Gasteiger partial charge < -0.3 is 9.84 Å². The first-order chi connectivity index (χ1) is 9.60. The number of methoxy groups -OCH3 is 1. The predicted octanol–water partition coefficient (Wildman–Crippen LogP) is 3.79. The number of ether oxygens (including phenoxy) is 1. The van der Waals surface area contributed by atoms with E-state index in [1.807, 2.05) is 32.9 Å². The molecular formula is C16H19NO3. The molecule has 2 aromatic rings. The second-order valence-electron chi connectivity index (χ2n) is 3.98. The summed E-state index contributed by atoms with van der Waals surface area (Å²) in [5.41, 5.74) is 2.69. The van der Waals surface area contributed by atoms with Crippen LogP contribution in [0.5, 0.6) is 5.75 Å². The van der Waals surface area contributed by atoms with Crippen LogP contribution in [0, 0.1) is 6.92 Å². The van der Waals surface area contributed by atoms with Crippen LogP contribution in [0.3, 0.4) is 0 Å². The monoisotopic (exact) mass is 273 g/mol. The lowest BCUT2D eigenvalue weighted by molar-refractivity contribution is 0.0696. The minimum absolute atomic E-state index is 0.187. The summed E-state index contributed by atoms with van der Waals surface area (Å²) in [6, 6.07) is 8.63. The zero-order valence-electron chi connectivity index (χ0n) is 12.2. The van der Waals surface area contributed by atoms with Crippen molar-refractivity contribution in [2.75, 3.05) is 7.11 Å². The molecule has 0 fully saturated rings. The molecule has 1 N–H and O–H groups in total. The molecule has 0 unspecified atom stereocenters. The number of aromatic carboxylic acids is 1. The molecule has 0 aliphatic heterocycles. The van der Waals surface area contributed by atoms with Gasteiger partial charge in [-0.3, -0.25) is 4.98 Å². The maximum Gasteiger partial charge on any atom is 0.335 e. The normalized spacial score (nSPS) is 9.40. The molecule has 1 aromatic carbocycles. The third-order valence-electron chi connectivity index (χ3n) is 2.60. The fourth-order valence-corrected chi connectivity index (χ4v) is 1.63. The van der Waals surface area contributed by atoms with Crippen LogP contribution in [0.1, 0.15) is 29.8 Å². The van der Waals surface area contributed by atoms with Gasteiger partial charge in [0.2, 0.25) is 0 Å². The van der Waals surface area contributed by atoms with E-state index in [1.165, 1.54) is 13.2 Å². The Bertz CT molecular complexity index is 577. The second-order valence-corrected chi connectivity index (χ2v) is 3.98. The summed E-state index contributed by atoms with van der Waals surface area (Å²) in [5.74, 6) is -0.477. The molecule has 2 rings (SSSR count). The topological polar surface area (TPSA) is 59.4 Å². The largest absolute Gasteiger partial charge is 0.497 e. The average molecular weight is 273 g/mol. The van der Waals surface area contributed by atoms with E-state index in [0.29, 0.717) is 5.75 Å². The highest BCUT2D eigenvalue weighted by atomic mass is 16.5. The van der Waals surface area contributed by atoms with Crippen LogP contribution in [0.2, 0.25) is 0 Å². The number of carboxylic acid groups (broad SMARTS) is 1. The van der Waals surface area contributed by atoms with Gasteiger partial charge in [-0.25, -0.2) is 4.79 Å². The Morgan fingerprint density at radius 2 is 1.90 bits per heavy atom. The summed E-state index contributed by atoms with van der Waals surface area (Å²) in [6.07, 6.45) is 1.75. The van der Waals surface area contributed by atoms with E-state index >= 15 is 0 Å². The third kappa shape index (κ3) is 3.82. The van der Waals surface area contributed by atoms with Gasteiger partial charge in [-0.1, -0.05) is 19.9 Å². The van der Waals surface area contributed by atoms with Gasteiger partial charge in [-0.2, -0.15) is 0 Å². The van der Waals surface area contributed by atoms with Crippen molar-refractivity contribution in [3.05, 3.63) is 47.7 Å². The van der Waals surface area contributed by atoms with Crippen LogP contribution >= 0.6 is 0 Å². The number of nitrogens with zero attached hydrogens (tertiary/aromatic N) is 1. The van der Waals surface area contributed by atoms with Gasteiger partial charge in [0.1, 0.15) is 5.75 Å². The first kappa shape index (κ1) is 15.7. The van der Waals surface area contributed by atoms with Gasteiger partial charge in [0.25, 0.3) is 0 Å². The zero-order chi connectivity index (χ0) is 15.1. The molecule has 106 valence electrons. The Kier molecular flexibility index (Phi) is 5.72. The first-order valence-electron chi connectivity index (χ1n) is 6.45. The SMILES string of the molecule is CC.COc1cc(C(=O)O)cc(-c2ccc(C)cn2)c1. The van der Waals surface area contributed by atoms with Crippen molar-refractivity contribution >= 4 is 5.97 Å². The third-order valence-corrected chi connectivity index (χ3v) is 2.60. The first-order valence-corrected chi connectivity index (χ1v) is 6.45. The van der Waals surface area contributed by atoms with Crippen molar-refractivity contribution < 1.29 is 14.6 Å². The van der Waals surface area contributed by atoms with E-state index in [0.717, 1.165) is 16.8 Å². The number of carbonyl (C=O) groups is 1. The van der Waals surface area contributed by atoms with Gasteiger partial charge in [-0.15, -0.1) is 0 Å². The molecule has 0 bridgehead atoms. The fraction of sp³-hybridized carbons (Fsp3) is 0.250. The van der Waals surface area contributed by atoms with Gasteiger partial charge in [-0.05, 0) is 36.8 Å². The van der Waals surface area contributed by atoms with Crippen LogP contribution in [0.4, 0.5) is 0 Å². The quantitative estimate of drug-likeness (QED) is 0.924. The molecule has 0 saturated heterocycles. The Balaban J connectivity index is 0.000000956. The minimum Gasteiger partial charge on any atom is -0.497 e. The van der Waals surface area contributed by atoms with E-state index < -0.39 is 5.97 Å². The Morgan fingerprint density at radius 1 is 1.20 bits per heavy atom. The molecule has 1 aromatic heterocycles. The molecular weight excluding hydrogens is 254 g/mol. The number of benzene rings is 1. The van der Waals surface area contributed by atoms with Crippen LogP contribution in [0.25, 0.3) is 11.3 Å². The van der Waals surface area contributed by atoms with Gasteiger partial charge in [0, 0.05) is 11.8 Å². The van der Waals surface area contributed by atoms with Crippen LogP contribution in [-0.2, 0) is 0 Å². The highest BCUT2D eigenvalue weighted by Crippen LogP contribution is 2.24. The average Bonchev–Trinajstić information content (AvgIpc) is 2.49. The number of carboxylic acids is 1. The highest BCUT2D eigenvalue weighted by molar-refractivity contribution is 5.90. The second kappa shape index (κ2) is 7.28. The maximum absolute atomic E-state index is 11.0. The van der Waals surface area contributed by atoms with Crippen LogP contribution in [-0.4, -0.2) is 23.2 Å². The Hall–Kier alpha value is -2.36. The van der Waals surface area contributed by atoms with E-state index in [1.54, 1.807) is 18.3 Å². The number of hydrogen-bond donors (Lipinski definition) is 1. The number of rotatable bonds is 3. The van der Waals surface area contributed by atoms with Crippen molar-refractivity contribution in [3.8, 4) is 17.0 Å². The predicted molar refractivity (Wildman–Crippen MR) is 79.3 cm³/mol. The molecule has 0 amide bonds. The van der Waals surface area contributed by atoms with Crippen LogP contribution in [0.15, 0.2) is 36.5 Å². The van der Waals surface area contributed by atoms with Gasteiger partial charge >= 0.3 is 5.97 Å². The number of pyridine rings is 1. The number of hydrogen-bond acceptors (Lipinski definition) is 3. The summed E-state index contributed by atoms with van der Waals surface area (Å²) in [6.45, 7) is 5.95. The molecule has 0 saturated carbocycles. The van der Waals surface area contributed by atoms with Crippen LogP contribution < -0.4 is 4.74 Å². The van der Waals surface area contributed by atoms with E-state index in [4.69, 9.17) is 9.84 Å². The zero-order valence-corrected chi connectivity index (χ0v) is 12.2.